The van der Waals surface area contributed by atoms with E-state index in [1.54, 1.807) is 7.11 Å². The number of rotatable bonds is 3. The zero-order chi connectivity index (χ0) is 14.7. The Balaban J connectivity index is 1.60. The Labute approximate surface area is 128 Å². The molecule has 1 N–H and O–H groups in total. The van der Waals surface area contributed by atoms with Crippen molar-refractivity contribution >= 4 is 22.4 Å². The van der Waals surface area contributed by atoms with E-state index in [9.17, 15) is 4.79 Å². The van der Waals surface area contributed by atoms with Gasteiger partial charge >= 0.3 is 6.03 Å². The number of hydrogen-bond acceptors (Lipinski definition) is 3. The highest BCUT2D eigenvalue weighted by Gasteiger charge is 2.27. The van der Waals surface area contributed by atoms with Crippen LogP contribution in [0.5, 0.6) is 5.75 Å². The molecular weight excluding hydrogens is 284 g/mol. The molecule has 21 heavy (non-hydrogen) atoms. The van der Waals surface area contributed by atoms with Gasteiger partial charge in [0.1, 0.15) is 5.75 Å². The number of ether oxygens (including phenoxy) is 1. The number of likely N-dealkylation sites (tertiary alicyclic amines) is 1. The van der Waals surface area contributed by atoms with Crippen molar-refractivity contribution < 1.29 is 9.53 Å². The highest BCUT2D eigenvalue weighted by Crippen LogP contribution is 2.29. The second kappa shape index (κ2) is 6.18. The Hall–Kier alpha value is -2.01. The summed E-state index contributed by atoms with van der Waals surface area (Å²) in [6.45, 7) is 1.57. The highest BCUT2D eigenvalue weighted by molar-refractivity contribution is 7.14. The Kier molecular flexibility index (Phi) is 4.10. The summed E-state index contributed by atoms with van der Waals surface area (Å²) in [5.41, 5.74) is 1.27. The second-order valence-corrected chi connectivity index (χ2v) is 6.06. The molecule has 1 aromatic heterocycles. The molecule has 1 aromatic carbocycles. The smallest absolute Gasteiger partial charge is 0.322 e. The maximum Gasteiger partial charge on any atom is 0.322 e. The molecule has 0 radical (unpaired) electrons. The lowest BCUT2D eigenvalue weighted by Gasteiger charge is -2.17. The monoisotopic (exact) mass is 302 g/mol. The molecule has 3 rings (SSSR count). The van der Waals surface area contributed by atoms with E-state index in [1.807, 2.05) is 34.5 Å². The van der Waals surface area contributed by atoms with Crippen LogP contribution in [0.1, 0.15) is 17.9 Å². The minimum atomic E-state index is -0.00605. The van der Waals surface area contributed by atoms with Crippen LogP contribution < -0.4 is 10.1 Å². The lowest BCUT2D eigenvalue weighted by Crippen LogP contribution is -2.32. The van der Waals surface area contributed by atoms with Crippen LogP contribution in [0.3, 0.4) is 0 Å². The quantitative estimate of drug-likeness (QED) is 0.937. The number of urea groups is 1. The van der Waals surface area contributed by atoms with E-state index in [0.717, 1.165) is 30.3 Å². The standard InChI is InChI=1S/C16H18N2O2S/c1-20-14-6-4-12(5-7-14)13-8-9-18(11-13)16(19)17-15-3-2-10-21-15/h2-7,10,13H,8-9,11H2,1H3,(H,17,19). The van der Waals surface area contributed by atoms with E-state index in [1.165, 1.54) is 16.9 Å². The van der Waals surface area contributed by atoms with Crippen LogP contribution in [0.4, 0.5) is 9.80 Å². The second-order valence-electron chi connectivity index (χ2n) is 5.11. The van der Waals surface area contributed by atoms with Gasteiger partial charge in [0.15, 0.2) is 0 Å². The highest BCUT2D eigenvalue weighted by atomic mass is 32.1. The topological polar surface area (TPSA) is 41.6 Å². The molecule has 4 nitrogen and oxygen atoms in total. The van der Waals surface area contributed by atoms with E-state index in [4.69, 9.17) is 4.74 Å². The molecule has 2 heterocycles. The fraction of sp³-hybridized carbons (Fsp3) is 0.312. The number of methoxy groups -OCH3 is 1. The maximum atomic E-state index is 12.2. The number of nitrogens with zero attached hydrogens (tertiary/aromatic N) is 1. The van der Waals surface area contributed by atoms with Crippen molar-refractivity contribution in [2.75, 3.05) is 25.5 Å². The zero-order valence-corrected chi connectivity index (χ0v) is 12.7. The molecule has 1 fully saturated rings. The number of amides is 2. The third-order valence-electron chi connectivity index (χ3n) is 3.81. The van der Waals surface area contributed by atoms with E-state index in [-0.39, 0.29) is 6.03 Å². The molecular formula is C16H18N2O2S. The van der Waals surface area contributed by atoms with Crippen molar-refractivity contribution in [1.82, 2.24) is 4.90 Å². The van der Waals surface area contributed by atoms with Crippen LogP contribution in [0, 0.1) is 0 Å². The molecule has 0 bridgehead atoms. The molecule has 1 unspecified atom stereocenters. The van der Waals surface area contributed by atoms with Crippen LogP contribution in [0.2, 0.25) is 0 Å². The molecule has 1 aliphatic rings. The normalized spacial score (nSPS) is 17.8. The van der Waals surface area contributed by atoms with E-state index >= 15 is 0 Å². The number of carbonyl (C=O) groups excluding carboxylic acids is 1. The van der Waals surface area contributed by atoms with E-state index in [0.29, 0.717) is 5.92 Å². The summed E-state index contributed by atoms with van der Waals surface area (Å²) >= 11 is 1.54. The molecule has 1 atom stereocenters. The van der Waals surface area contributed by atoms with Crippen molar-refractivity contribution in [1.29, 1.82) is 0 Å². The van der Waals surface area contributed by atoms with Crippen molar-refractivity contribution in [2.24, 2.45) is 0 Å². The minimum absolute atomic E-state index is 0.00605. The van der Waals surface area contributed by atoms with Crippen LogP contribution in [0.15, 0.2) is 41.8 Å². The predicted octanol–water partition coefficient (Wildman–Crippen LogP) is 3.78. The van der Waals surface area contributed by atoms with Crippen molar-refractivity contribution in [3.05, 3.63) is 47.3 Å². The summed E-state index contributed by atoms with van der Waals surface area (Å²) in [7, 11) is 1.67. The largest absolute Gasteiger partial charge is 0.497 e. The average Bonchev–Trinajstić information content (AvgIpc) is 3.18. The molecule has 2 amide bonds. The number of hydrogen-bond donors (Lipinski definition) is 1. The molecule has 1 saturated heterocycles. The van der Waals surface area contributed by atoms with Gasteiger partial charge in [-0.3, -0.25) is 5.32 Å². The number of thiophene rings is 1. The summed E-state index contributed by atoms with van der Waals surface area (Å²) < 4.78 is 5.18. The van der Waals surface area contributed by atoms with Crippen LogP contribution in [0.25, 0.3) is 0 Å². The molecule has 0 spiro atoms. The van der Waals surface area contributed by atoms with Crippen LogP contribution >= 0.6 is 11.3 Å². The minimum Gasteiger partial charge on any atom is -0.497 e. The fourth-order valence-corrected chi connectivity index (χ4v) is 3.23. The van der Waals surface area contributed by atoms with Crippen LogP contribution in [-0.2, 0) is 0 Å². The van der Waals surface area contributed by atoms with Gasteiger partial charge in [0, 0.05) is 19.0 Å². The summed E-state index contributed by atoms with van der Waals surface area (Å²) in [6.07, 6.45) is 1.00. The lowest BCUT2D eigenvalue weighted by atomic mass is 9.98. The first-order valence-electron chi connectivity index (χ1n) is 6.99. The third-order valence-corrected chi connectivity index (χ3v) is 4.60. The fourth-order valence-electron chi connectivity index (χ4n) is 2.63. The van der Waals surface area contributed by atoms with Crippen molar-refractivity contribution in [3.63, 3.8) is 0 Å². The van der Waals surface area contributed by atoms with Crippen LogP contribution in [-0.4, -0.2) is 31.1 Å². The van der Waals surface area contributed by atoms with Gasteiger partial charge in [-0.15, -0.1) is 11.3 Å². The van der Waals surface area contributed by atoms with Gasteiger partial charge in [-0.1, -0.05) is 12.1 Å². The Bertz CT molecular complexity index is 595. The molecule has 0 saturated carbocycles. The van der Waals surface area contributed by atoms with Crippen molar-refractivity contribution in [2.45, 2.75) is 12.3 Å². The molecule has 2 aromatic rings. The van der Waals surface area contributed by atoms with Gasteiger partial charge in [-0.2, -0.15) is 0 Å². The number of carbonyl (C=O) groups is 1. The molecule has 5 heteroatoms. The number of benzene rings is 1. The Morgan fingerprint density at radius 3 is 2.81 bits per heavy atom. The average molecular weight is 302 g/mol. The first-order valence-corrected chi connectivity index (χ1v) is 7.87. The number of nitrogens with one attached hydrogen (secondary N) is 1. The summed E-state index contributed by atoms with van der Waals surface area (Å²) in [5, 5.41) is 5.79. The van der Waals surface area contributed by atoms with Gasteiger partial charge in [0.05, 0.1) is 12.1 Å². The first-order chi connectivity index (χ1) is 10.3. The summed E-state index contributed by atoms with van der Waals surface area (Å²) in [6, 6.07) is 12.0. The van der Waals surface area contributed by atoms with Gasteiger partial charge in [0.2, 0.25) is 0 Å². The molecule has 110 valence electrons. The SMILES string of the molecule is COc1ccc(C2CCN(C(=O)Nc3cccs3)C2)cc1. The van der Waals surface area contributed by atoms with E-state index < -0.39 is 0 Å². The third kappa shape index (κ3) is 3.19. The first kappa shape index (κ1) is 13.9. The van der Waals surface area contributed by atoms with Gasteiger partial charge in [-0.05, 0) is 41.6 Å². The zero-order valence-electron chi connectivity index (χ0n) is 11.9. The summed E-state index contributed by atoms with van der Waals surface area (Å²) in [4.78, 5) is 14.1. The van der Waals surface area contributed by atoms with E-state index in [2.05, 4.69) is 17.4 Å². The van der Waals surface area contributed by atoms with Crippen molar-refractivity contribution in [3.8, 4) is 5.75 Å². The van der Waals surface area contributed by atoms with Gasteiger partial charge < -0.3 is 9.64 Å². The van der Waals surface area contributed by atoms with Gasteiger partial charge in [0.25, 0.3) is 0 Å². The molecule has 1 aliphatic heterocycles. The summed E-state index contributed by atoms with van der Waals surface area (Å²) in [5.74, 6) is 1.27. The maximum absolute atomic E-state index is 12.2. The predicted molar refractivity (Wildman–Crippen MR) is 85.3 cm³/mol. The number of anilines is 1. The Morgan fingerprint density at radius 2 is 2.14 bits per heavy atom. The molecule has 0 aliphatic carbocycles. The Morgan fingerprint density at radius 1 is 1.33 bits per heavy atom. The van der Waals surface area contributed by atoms with Gasteiger partial charge in [-0.25, -0.2) is 4.79 Å². The lowest BCUT2D eigenvalue weighted by molar-refractivity contribution is 0.222.